The van der Waals surface area contributed by atoms with Crippen molar-refractivity contribution in [3.05, 3.63) is 45.7 Å². The van der Waals surface area contributed by atoms with Crippen LogP contribution in [0.15, 0.2) is 29.1 Å². The van der Waals surface area contributed by atoms with Gasteiger partial charge in [0.05, 0.1) is 0 Å². The van der Waals surface area contributed by atoms with E-state index in [4.69, 9.17) is 5.11 Å². The molecule has 1 heterocycles. The number of hydrogen-bond donors (Lipinski definition) is 2. The number of aromatic nitrogens is 1. The standard InChI is InChI=1S/C13H13NO3/c1-8-9(6-7-12(15)16)13(17)10-4-2-3-5-11(10)14-8/h2-5H,6-7H2,1H3,(H,14,17)(H,15,16). The lowest BCUT2D eigenvalue weighted by Crippen LogP contribution is -2.14. The van der Waals surface area contributed by atoms with Crippen LogP contribution in [0.5, 0.6) is 0 Å². The first-order valence-corrected chi connectivity index (χ1v) is 5.42. The van der Waals surface area contributed by atoms with Gasteiger partial charge in [-0.2, -0.15) is 0 Å². The molecule has 0 unspecified atom stereocenters. The van der Waals surface area contributed by atoms with E-state index in [-0.39, 0.29) is 18.3 Å². The molecule has 0 spiro atoms. The number of aromatic amines is 1. The van der Waals surface area contributed by atoms with Gasteiger partial charge in [0.25, 0.3) is 0 Å². The molecule has 0 atom stereocenters. The second-order valence-corrected chi connectivity index (χ2v) is 4.00. The predicted octanol–water partition coefficient (Wildman–Crippen LogP) is 1.85. The highest BCUT2D eigenvalue weighted by atomic mass is 16.4. The minimum absolute atomic E-state index is 0.0255. The molecule has 17 heavy (non-hydrogen) atoms. The van der Waals surface area contributed by atoms with Crippen LogP contribution in [-0.4, -0.2) is 16.1 Å². The first kappa shape index (κ1) is 11.4. The molecule has 0 radical (unpaired) electrons. The lowest BCUT2D eigenvalue weighted by molar-refractivity contribution is -0.136. The Labute approximate surface area is 97.9 Å². The summed E-state index contributed by atoms with van der Waals surface area (Å²) >= 11 is 0. The first-order chi connectivity index (χ1) is 8.09. The second-order valence-electron chi connectivity index (χ2n) is 4.00. The Morgan fingerprint density at radius 2 is 2.06 bits per heavy atom. The number of H-pyrrole nitrogens is 1. The number of hydrogen-bond acceptors (Lipinski definition) is 2. The molecule has 0 aliphatic rings. The molecule has 2 N–H and O–H groups in total. The first-order valence-electron chi connectivity index (χ1n) is 5.42. The Bertz CT molecular complexity index is 628. The number of carboxylic acids is 1. The highest BCUT2D eigenvalue weighted by molar-refractivity contribution is 5.79. The smallest absolute Gasteiger partial charge is 0.303 e. The van der Waals surface area contributed by atoms with E-state index in [2.05, 4.69) is 4.98 Å². The number of rotatable bonds is 3. The van der Waals surface area contributed by atoms with Gasteiger partial charge in [0.15, 0.2) is 5.43 Å². The average Bonchev–Trinajstić information content (AvgIpc) is 2.28. The van der Waals surface area contributed by atoms with E-state index < -0.39 is 5.97 Å². The van der Waals surface area contributed by atoms with Crippen molar-refractivity contribution in [1.29, 1.82) is 0 Å². The van der Waals surface area contributed by atoms with Crippen LogP contribution in [0.1, 0.15) is 17.7 Å². The monoisotopic (exact) mass is 231 g/mol. The van der Waals surface area contributed by atoms with Crippen molar-refractivity contribution in [3.8, 4) is 0 Å². The van der Waals surface area contributed by atoms with Crippen LogP contribution in [0.25, 0.3) is 10.9 Å². The highest BCUT2D eigenvalue weighted by Gasteiger charge is 2.10. The van der Waals surface area contributed by atoms with Crippen LogP contribution in [0.3, 0.4) is 0 Å². The van der Waals surface area contributed by atoms with Crippen LogP contribution in [0.2, 0.25) is 0 Å². The van der Waals surface area contributed by atoms with Crippen molar-refractivity contribution in [1.82, 2.24) is 4.98 Å². The third kappa shape index (κ3) is 2.20. The van der Waals surface area contributed by atoms with Crippen LogP contribution in [0, 0.1) is 6.92 Å². The van der Waals surface area contributed by atoms with Gasteiger partial charge in [0, 0.05) is 28.6 Å². The quantitative estimate of drug-likeness (QED) is 0.846. The number of para-hydroxylation sites is 1. The van der Waals surface area contributed by atoms with Gasteiger partial charge >= 0.3 is 5.97 Å². The molecular weight excluding hydrogens is 218 g/mol. The summed E-state index contributed by atoms with van der Waals surface area (Å²) in [6.45, 7) is 1.80. The molecule has 0 saturated heterocycles. The highest BCUT2D eigenvalue weighted by Crippen LogP contribution is 2.11. The number of carbonyl (C=O) groups is 1. The van der Waals surface area contributed by atoms with Crippen molar-refractivity contribution in [2.24, 2.45) is 0 Å². The number of aryl methyl sites for hydroxylation is 1. The molecular formula is C13H13NO3. The molecule has 0 aliphatic carbocycles. The number of fused-ring (bicyclic) bond motifs is 1. The zero-order chi connectivity index (χ0) is 12.4. The van der Waals surface area contributed by atoms with E-state index in [9.17, 15) is 9.59 Å². The fourth-order valence-corrected chi connectivity index (χ4v) is 1.93. The minimum Gasteiger partial charge on any atom is -0.481 e. The van der Waals surface area contributed by atoms with Crippen molar-refractivity contribution in [2.75, 3.05) is 0 Å². The lowest BCUT2D eigenvalue weighted by atomic mass is 10.0. The molecule has 2 rings (SSSR count). The van der Waals surface area contributed by atoms with Gasteiger partial charge in [0.1, 0.15) is 0 Å². The van der Waals surface area contributed by atoms with Gasteiger partial charge in [-0.05, 0) is 25.5 Å². The molecule has 0 saturated carbocycles. The molecule has 4 heteroatoms. The van der Waals surface area contributed by atoms with E-state index >= 15 is 0 Å². The number of benzene rings is 1. The van der Waals surface area contributed by atoms with E-state index in [1.807, 2.05) is 12.1 Å². The SMILES string of the molecule is Cc1[nH]c2ccccc2c(=O)c1CCC(=O)O. The van der Waals surface area contributed by atoms with E-state index in [0.29, 0.717) is 10.9 Å². The topological polar surface area (TPSA) is 70.2 Å². The van der Waals surface area contributed by atoms with Crippen LogP contribution in [0.4, 0.5) is 0 Å². The fraction of sp³-hybridized carbons (Fsp3) is 0.231. The average molecular weight is 231 g/mol. The van der Waals surface area contributed by atoms with Gasteiger partial charge in [-0.15, -0.1) is 0 Å². The Hall–Kier alpha value is -2.10. The maximum absolute atomic E-state index is 12.1. The predicted molar refractivity (Wildman–Crippen MR) is 65.3 cm³/mol. The summed E-state index contributed by atoms with van der Waals surface area (Å²) in [5, 5.41) is 9.27. The summed E-state index contributed by atoms with van der Waals surface area (Å²) in [4.78, 5) is 25.8. The molecule has 88 valence electrons. The molecule has 0 bridgehead atoms. The Morgan fingerprint density at radius 3 is 2.76 bits per heavy atom. The van der Waals surface area contributed by atoms with E-state index in [0.717, 1.165) is 11.2 Å². The maximum Gasteiger partial charge on any atom is 0.303 e. The van der Waals surface area contributed by atoms with Crippen LogP contribution >= 0.6 is 0 Å². The lowest BCUT2D eigenvalue weighted by Gasteiger charge is -2.06. The molecule has 2 aromatic rings. The number of carboxylic acid groups (broad SMARTS) is 1. The molecule has 0 aliphatic heterocycles. The Balaban J connectivity index is 2.56. The van der Waals surface area contributed by atoms with Gasteiger partial charge in [-0.1, -0.05) is 12.1 Å². The third-order valence-electron chi connectivity index (χ3n) is 2.81. The van der Waals surface area contributed by atoms with Gasteiger partial charge < -0.3 is 10.1 Å². The summed E-state index contributed by atoms with van der Waals surface area (Å²) in [5.41, 5.74) is 2.02. The normalized spacial score (nSPS) is 10.6. The zero-order valence-electron chi connectivity index (χ0n) is 9.49. The summed E-state index contributed by atoms with van der Waals surface area (Å²) < 4.78 is 0. The van der Waals surface area contributed by atoms with Gasteiger partial charge in [-0.25, -0.2) is 0 Å². The Morgan fingerprint density at radius 1 is 1.35 bits per heavy atom. The van der Waals surface area contributed by atoms with Crippen LogP contribution in [-0.2, 0) is 11.2 Å². The molecule has 1 aromatic heterocycles. The number of nitrogens with one attached hydrogen (secondary N) is 1. The molecule has 1 aromatic carbocycles. The summed E-state index contributed by atoms with van der Waals surface area (Å²) in [5.74, 6) is -0.892. The van der Waals surface area contributed by atoms with Crippen molar-refractivity contribution in [2.45, 2.75) is 19.8 Å². The number of pyridine rings is 1. The van der Waals surface area contributed by atoms with Crippen molar-refractivity contribution in [3.63, 3.8) is 0 Å². The largest absolute Gasteiger partial charge is 0.481 e. The Kier molecular flexibility index (Phi) is 2.95. The van der Waals surface area contributed by atoms with Crippen molar-refractivity contribution >= 4 is 16.9 Å². The summed E-state index contributed by atoms with van der Waals surface area (Å²) in [6.07, 6.45) is 0.240. The summed E-state index contributed by atoms with van der Waals surface area (Å²) in [7, 11) is 0. The van der Waals surface area contributed by atoms with Crippen molar-refractivity contribution < 1.29 is 9.90 Å². The zero-order valence-corrected chi connectivity index (χ0v) is 9.49. The minimum atomic E-state index is -0.892. The summed E-state index contributed by atoms with van der Waals surface area (Å²) in [6, 6.07) is 7.24. The maximum atomic E-state index is 12.1. The molecule has 0 amide bonds. The van der Waals surface area contributed by atoms with E-state index in [1.165, 1.54) is 0 Å². The fourth-order valence-electron chi connectivity index (χ4n) is 1.93. The third-order valence-corrected chi connectivity index (χ3v) is 2.81. The van der Waals surface area contributed by atoms with E-state index in [1.54, 1.807) is 19.1 Å². The molecule has 4 nitrogen and oxygen atoms in total. The number of aliphatic carboxylic acids is 1. The molecule has 0 fully saturated rings. The van der Waals surface area contributed by atoms with Gasteiger partial charge in [-0.3, -0.25) is 9.59 Å². The van der Waals surface area contributed by atoms with Gasteiger partial charge in [0.2, 0.25) is 0 Å². The van der Waals surface area contributed by atoms with Crippen LogP contribution < -0.4 is 5.43 Å². The second kappa shape index (κ2) is 4.41.